The number of hydrogen-bond acceptors (Lipinski definition) is 11. The van der Waals surface area contributed by atoms with Crippen molar-refractivity contribution >= 4 is 51.9 Å². The van der Waals surface area contributed by atoms with E-state index in [0.717, 1.165) is 50.3 Å². The van der Waals surface area contributed by atoms with E-state index in [1.54, 1.807) is 34.3 Å². The van der Waals surface area contributed by atoms with Crippen molar-refractivity contribution in [3.8, 4) is 50.0 Å². The molecule has 0 aliphatic carbocycles. The zero-order chi connectivity index (χ0) is 51.9. The Balaban J connectivity index is 0.992. The van der Waals surface area contributed by atoms with Crippen LogP contribution in [-0.4, -0.2) is 97.7 Å². The van der Waals surface area contributed by atoms with Crippen molar-refractivity contribution in [2.75, 3.05) is 27.3 Å². The number of benzene rings is 3. The number of carbonyl (C=O) groups excluding carboxylic acids is 4. The van der Waals surface area contributed by atoms with Crippen LogP contribution in [0, 0.1) is 17.7 Å². The first-order chi connectivity index (χ1) is 35.7. The summed E-state index contributed by atoms with van der Waals surface area (Å²) in [5.74, 6) is 0.192. The highest BCUT2D eigenvalue weighted by molar-refractivity contribution is 7.15. The minimum absolute atomic E-state index is 0.172. The van der Waals surface area contributed by atoms with Gasteiger partial charge in [0.1, 0.15) is 35.3 Å². The summed E-state index contributed by atoms with van der Waals surface area (Å²) in [5, 5.41) is 9.92. The lowest BCUT2D eigenvalue weighted by molar-refractivity contribution is -0.136. The number of halogens is 1. The molecule has 382 valence electrons. The lowest BCUT2D eigenvalue weighted by Crippen LogP contribution is -2.51. The van der Waals surface area contributed by atoms with E-state index in [4.69, 9.17) is 29.7 Å². The van der Waals surface area contributed by atoms with Gasteiger partial charge in [0.05, 0.1) is 71.7 Å². The van der Waals surface area contributed by atoms with Gasteiger partial charge in [-0.3, -0.25) is 14.2 Å². The number of fused-ring (bicyclic) bond motifs is 5. The Morgan fingerprint density at radius 1 is 0.784 bits per heavy atom. The fraction of sp³-hybridized carbons (Fsp3) is 0.358. The van der Waals surface area contributed by atoms with Crippen LogP contribution in [0.15, 0.2) is 90.3 Å². The first-order valence-electron chi connectivity index (χ1n) is 24.6. The van der Waals surface area contributed by atoms with Crippen molar-refractivity contribution in [1.29, 1.82) is 0 Å². The van der Waals surface area contributed by atoms with Crippen LogP contribution in [0.5, 0.6) is 5.75 Å². The molecule has 4 aromatic heterocycles. The molecule has 0 bridgehead atoms. The Morgan fingerprint density at radius 3 is 1.93 bits per heavy atom. The molecule has 10 rings (SSSR count). The van der Waals surface area contributed by atoms with Crippen molar-refractivity contribution in [3.63, 3.8) is 0 Å². The molecule has 7 heterocycles. The van der Waals surface area contributed by atoms with Gasteiger partial charge in [-0.25, -0.2) is 23.9 Å². The number of aromatic nitrogens is 5. The van der Waals surface area contributed by atoms with Crippen LogP contribution in [0.1, 0.15) is 88.2 Å². The number of H-pyrrole nitrogens is 2. The van der Waals surface area contributed by atoms with Crippen molar-refractivity contribution in [3.05, 3.63) is 118 Å². The molecule has 3 aromatic carbocycles. The largest absolute Gasteiger partial charge is 0.464 e. The molecule has 3 aliphatic rings. The minimum Gasteiger partial charge on any atom is -0.464 e. The molecule has 0 spiro atoms. The average Bonchev–Trinajstić information content (AvgIpc) is 4.27. The van der Waals surface area contributed by atoms with E-state index < -0.39 is 42.4 Å². The van der Waals surface area contributed by atoms with Gasteiger partial charge in [-0.15, -0.1) is 11.3 Å². The molecule has 7 aromatic rings. The third-order valence-electron chi connectivity index (χ3n) is 14.1. The molecule has 19 nitrogen and oxygen atoms in total. The summed E-state index contributed by atoms with van der Waals surface area (Å²) in [4.78, 5) is 76.6. The van der Waals surface area contributed by atoms with E-state index in [-0.39, 0.29) is 35.3 Å². The minimum atomic E-state index is -0.795. The number of hydrogen-bond donors (Lipinski definition) is 4. The SMILES string of the molecule is COC(=O)N[C@H](C(=O)N1CCC[C@H]1c1ncc(-c2cc(F)c3c(c2)OC(c2ccc(-c4ccc(N=[N+]=[N-])cc4)s2)n2c-3cc3cc(-c4cnc([C@@H]5CCCN5C(=O)[C@@H](NC(=O)OC)C(C)C)[nH]4)ccc32)[nH]1)C(C)C. The molecule has 0 radical (unpaired) electrons. The molecule has 5 atom stereocenters. The van der Waals surface area contributed by atoms with Crippen LogP contribution in [0.25, 0.3) is 65.6 Å². The number of rotatable bonds is 13. The number of methoxy groups -OCH3 is 2. The van der Waals surface area contributed by atoms with E-state index in [0.29, 0.717) is 66.0 Å². The van der Waals surface area contributed by atoms with Crippen LogP contribution >= 0.6 is 11.3 Å². The number of imidazole rings is 2. The topological polar surface area (TPSA) is 238 Å². The smallest absolute Gasteiger partial charge is 0.407 e. The Kier molecular flexibility index (Phi) is 13.6. The molecule has 2 fully saturated rings. The van der Waals surface area contributed by atoms with E-state index in [1.807, 2.05) is 86.9 Å². The second-order valence-electron chi connectivity index (χ2n) is 19.4. The van der Waals surface area contributed by atoms with Crippen LogP contribution in [0.2, 0.25) is 0 Å². The van der Waals surface area contributed by atoms with Gasteiger partial charge in [0.2, 0.25) is 18.0 Å². The Labute approximate surface area is 429 Å². The third kappa shape index (κ3) is 9.28. The maximum atomic E-state index is 17.1. The standard InChI is InChI=1S/C53H55FN12O7S/c1-27(2)45(60-52(69)71-5)49(67)64-19-7-9-38(64)47-56-25-35(58-47)30-13-16-37-32(21-30)23-40-44-34(54)22-31(36-26-57-48(59-36)39-10-8-20-65(39)50(68)46(28(3)4)61-53(70)72-6)24-41(44)73-51(66(37)40)43-18-17-42(74-43)29-11-14-33(15-12-29)62-63-55/h11-18,21-28,38-39,45-46,51H,7-10,19-20H2,1-6H3,(H,56,58)(H,57,59)(H,60,69)(H,61,70)/t38-,39-,45-,46-,51?/m0/s1. The molecule has 2 saturated heterocycles. The maximum absolute atomic E-state index is 17.1. The van der Waals surface area contributed by atoms with Crippen LogP contribution in [-0.2, 0) is 19.1 Å². The molecule has 1 unspecified atom stereocenters. The second-order valence-corrected chi connectivity index (χ2v) is 20.5. The summed E-state index contributed by atoms with van der Waals surface area (Å²) in [6.45, 7) is 8.48. The average molecular weight is 1020 g/mol. The zero-order valence-corrected chi connectivity index (χ0v) is 42.4. The fourth-order valence-electron chi connectivity index (χ4n) is 10.4. The van der Waals surface area contributed by atoms with Crippen LogP contribution in [0.4, 0.5) is 19.7 Å². The van der Waals surface area contributed by atoms with Crippen molar-refractivity contribution in [2.45, 2.75) is 83.8 Å². The quantitative estimate of drug-likeness (QED) is 0.0487. The molecular formula is C53H55FN12O7S. The second kappa shape index (κ2) is 20.4. The van der Waals surface area contributed by atoms with Crippen molar-refractivity contribution < 1.29 is 37.8 Å². The summed E-state index contributed by atoms with van der Waals surface area (Å²) in [7, 11) is 2.53. The van der Waals surface area contributed by atoms with Gasteiger partial charge in [0.25, 0.3) is 0 Å². The van der Waals surface area contributed by atoms with E-state index >= 15 is 4.39 Å². The van der Waals surface area contributed by atoms with Crippen molar-refractivity contribution in [1.82, 2.24) is 44.9 Å². The van der Waals surface area contributed by atoms with Gasteiger partial charge in [-0.05, 0) is 91.1 Å². The number of thiophene rings is 1. The third-order valence-corrected chi connectivity index (χ3v) is 15.3. The number of nitrogens with one attached hydrogen (secondary N) is 4. The highest BCUT2D eigenvalue weighted by Gasteiger charge is 2.40. The summed E-state index contributed by atoms with van der Waals surface area (Å²) in [6, 6.07) is 20.3. The fourth-order valence-corrected chi connectivity index (χ4v) is 11.4. The Morgan fingerprint density at radius 2 is 1.36 bits per heavy atom. The molecule has 4 amide bonds. The number of azide groups is 1. The molecular weight excluding hydrogens is 968 g/mol. The van der Waals surface area contributed by atoms with E-state index in [9.17, 15) is 19.2 Å². The monoisotopic (exact) mass is 1020 g/mol. The number of amides is 4. The van der Waals surface area contributed by atoms with E-state index in [2.05, 4.69) is 30.6 Å². The molecule has 74 heavy (non-hydrogen) atoms. The van der Waals surface area contributed by atoms with Crippen molar-refractivity contribution in [2.24, 2.45) is 17.0 Å². The van der Waals surface area contributed by atoms with Gasteiger partial charge < -0.3 is 44.6 Å². The first-order valence-corrected chi connectivity index (χ1v) is 25.4. The van der Waals surface area contributed by atoms with Crippen LogP contribution in [0.3, 0.4) is 0 Å². The van der Waals surface area contributed by atoms with Crippen LogP contribution < -0.4 is 15.4 Å². The highest BCUT2D eigenvalue weighted by atomic mass is 32.1. The summed E-state index contributed by atoms with van der Waals surface area (Å²) >= 11 is 1.53. The first kappa shape index (κ1) is 49.4. The number of carbonyl (C=O) groups is 4. The van der Waals surface area contributed by atoms with Gasteiger partial charge >= 0.3 is 12.2 Å². The van der Waals surface area contributed by atoms with E-state index in [1.165, 1.54) is 31.6 Å². The number of alkyl carbamates (subject to hydrolysis) is 2. The molecule has 4 N–H and O–H groups in total. The summed E-state index contributed by atoms with van der Waals surface area (Å²) in [6.07, 6.45) is 4.18. The number of aromatic amines is 2. The van der Waals surface area contributed by atoms with Gasteiger partial charge in [-0.1, -0.05) is 63.1 Å². The molecule has 0 saturated carbocycles. The number of likely N-dealkylation sites (tertiary alicyclic amines) is 2. The predicted octanol–water partition coefficient (Wildman–Crippen LogP) is 10.9. The lowest BCUT2D eigenvalue weighted by Gasteiger charge is -2.30. The normalized spacial score (nSPS) is 17.9. The Bertz CT molecular complexity index is 3340. The zero-order valence-electron chi connectivity index (χ0n) is 41.6. The summed E-state index contributed by atoms with van der Waals surface area (Å²) in [5.41, 5.74) is 14.7. The highest BCUT2D eigenvalue weighted by Crippen LogP contribution is 2.49. The molecule has 3 aliphatic heterocycles. The maximum Gasteiger partial charge on any atom is 0.407 e. The number of nitrogens with zero attached hydrogens (tertiary/aromatic N) is 8. The van der Waals surface area contributed by atoms with Gasteiger partial charge in [0, 0.05) is 45.1 Å². The number of ether oxygens (including phenoxy) is 3. The van der Waals surface area contributed by atoms with Gasteiger partial charge in [0.15, 0.2) is 0 Å². The van der Waals surface area contributed by atoms with Gasteiger partial charge in [-0.2, -0.15) is 0 Å². The molecule has 21 heteroatoms. The lowest BCUT2D eigenvalue weighted by atomic mass is 10.0. The Hall–Kier alpha value is -8.16. The predicted molar refractivity (Wildman–Crippen MR) is 276 cm³/mol. The summed E-state index contributed by atoms with van der Waals surface area (Å²) < 4.78 is 35.6.